The van der Waals surface area contributed by atoms with Gasteiger partial charge in [-0.05, 0) is 43.9 Å². The number of ether oxygens (including phenoxy) is 1. The van der Waals surface area contributed by atoms with Gasteiger partial charge in [0.2, 0.25) is 0 Å². The molecule has 146 valence electrons. The fourth-order valence-corrected chi connectivity index (χ4v) is 3.43. The van der Waals surface area contributed by atoms with Crippen molar-refractivity contribution in [3.8, 4) is 5.75 Å². The molecule has 2 atom stereocenters. The second-order valence-electron chi connectivity index (χ2n) is 6.86. The first-order valence-electron chi connectivity index (χ1n) is 8.76. The van der Waals surface area contributed by atoms with Gasteiger partial charge in [0.25, 0.3) is 5.91 Å². The number of alkyl halides is 3. The van der Waals surface area contributed by atoms with Gasteiger partial charge in [-0.2, -0.15) is 13.2 Å². The largest absolute Gasteiger partial charge is 0.484 e. The highest BCUT2D eigenvalue weighted by atomic mass is 19.4. The lowest BCUT2D eigenvalue weighted by atomic mass is 9.85. The van der Waals surface area contributed by atoms with Gasteiger partial charge in [0, 0.05) is 23.6 Å². The molecule has 1 aromatic carbocycles. The summed E-state index contributed by atoms with van der Waals surface area (Å²) in [5, 5.41) is 3.37. The molecular formula is C19H20F3NO4. The first-order chi connectivity index (χ1) is 12.7. The van der Waals surface area contributed by atoms with Crippen molar-refractivity contribution in [2.45, 2.75) is 44.8 Å². The van der Waals surface area contributed by atoms with Crippen molar-refractivity contribution in [2.24, 2.45) is 5.92 Å². The summed E-state index contributed by atoms with van der Waals surface area (Å²) >= 11 is 0. The van der Waals surface area contributed by atoms with Gasteiger partial charge in [0.15, 0.2) is 6.61 Å². The number of nitrogens with one attached hydrogen (secondary N) is 1. The van der Waals surface area contributed by atoms with E-state index < -0.39 is 29.7 Å². The minimum atomic E-state index is -4.23. The van der Waals surface area contributed by atoms with Crippen LogP contribution in [0.1, 0.15) is 31.2 Å². The predicted molar refractivity (Wildman–Crippen MR) is 92.7 cm³/mol. The van der Waals surface area contributed by atoms with Crippen LogP contribution in [-0.2, 0) is 4.79 Å². The van der Waals surface area contributed by atoms with Gasteiger partial charge in [0.1, 0.15) is 11.3 Å². The van der Waals surface area contributed by atoms with Gasteiger partial charge >= 0.3 is 11.8 Å². The van der Waals surface area contributed by atoms with Crippen molar-refractivity contribution in [3.05, 3.63) is 40.2 Å². The summed E-state index contributed by atoms with van der Waals surface area (Å²) in [4.78, 5) is 23.5. The smallest absolute Gasteiger partial charge is 0.391 e. The van der Waals surface area contributed by atoms with E-state index in [2.05, 4.69) is 5.32 Å². The third-order valence-corrected chi connectivity index (χ3v) is 4.79. The maximum atomic E-state index is 12.8. The number of carbonyl (C=O) groups is 1. The second kappa shape index (κ2) is 7.62. The zero-order valence-electron chi connectivity index (χ0n) is 14.8. The molecule has 0 saturated heterocycles. The molecule has 1 N–H and O–H groups in total. The average Bonchev–Trinajstić information content (AvgIpc) is 2.59. The molecule has 5 nitrogen and oxygen atoms in total. The zero-order chi connectivity index (χ0) is 19.6. The van der Waals surface area contributed by atoms with E-state index in [1.165, 1.54) is 12.1 Å². The Morgan fingerprint density at radius 2 is 2.07 bits per heavy atom. The van der Waals surface area contributed by atoms with Crippen LogP contribution in [-0.4, -0.2) is 24.7 Å². The lowest BCUT2D eigenvalue weighted by Gasteiger charge is -2.31. The summed E-state index contributed by atoms with van der Waals surface area (Å²) in [6, 6.07) is 5.75. The highest BCUT2D eigenvalue weighted by molar-refractivity contribution is 5.81. The monoisotopic (exact) mass is 383 g/mol. The van der Waals surface area contributed by atoms with Crippen molar-refractivity contribution < 1.29 is 27.1 Å². The van der Waals surface area contributed by atoms with E-state index in [1.807, 2.05) is 0 Å². The molecule has 1 aliphatic carbocycles. The number of hydrogen-bond acceptors (Lipinski definition) is 4. The van der Waals surface area contributed by atoms with Crippen LogP contribution in [0.2, 0.25) is 0 Å². The van der Waals surface area contributed by atoms with Crippen LogP contribution < -0.4 is 15.7 Å². The fourth-order valence-electron chi connectivity index (χ4n) is 3.43. The van der Waals surface area contributed by atoms with Gasteiger partial charge in [-0.1, -0.05) is 6.42 Å². The lowest BCUT2D eigenvalue weighted by Crippen LogP contribution is -2.43. The van der Waals surface area contributed by atoms with E-state index in [1.54, 1.807) is 19.1 Å². The number of rotatable bonds is 4. The van der Waals surface area contributed by atoms with E-state index in [4.69, 9.17) is 9.15 Å². The molecule has 1 aliphatic rings. The molecule has 0 radical (unpaired) electrons. The molecule has 1 saturated carbocycles. The molecule has 2 unspecified atom stereocenters. The molecule has 27 heavy (non-hydrogen) atoms. The van der Waals surface area contributed by atoms with Crippen LogP contribution in [0, 0.1) is 12.8 Å². The highest BCUT2D eigenvalue weighted by Crippen LogP contribution is 2.37. The van der Waals surface area contributed by atoms with Crippen LogP contribution in [0.4, 0.5) is 13.2 Å². The molecule has 0 aliphatic heterocycles. The van der Waals surface area contributed by atoms with E-state index >= 15 is 0 Å². The highest BCUT2D eigenvalue weighted by Gasteiger charge is 2.42. The molecule has 1 amide bonds. The number of fused-ring (bicyclic) bond motifs is 1. The van der Waals surface area contributed by atoms with Crippen molar-refractivity contribution in [1.29, 1.82) is 0 Å². The van der Waals surface area contributed by atoms with E-state index in [-0.39, 0.29) is 19.4 Å². The van der Waals surface area contributed by atoms with Gasteiger partial charge < -0.3 is 14.5 Å². The molecular weight excluding hydrogens is 363 g/mol. The number of amides is 1. The summed E-state index contributed by atoms with van der Waals surface area (Å²) in [6.45, 7) is 1.46. The maximum Gasteiger partial charge on any atom is 0.391 e. The molecule has 0 bridgehead atoms. The standard InChI is InChI=1S/C19H20F3NO4/c1-11-7-18(25)27-16-9-14(5-6-15(11)16)26-10-17(24)23-13-4-2-3-12(8-13)19(20,21)22/h5-7,9,12-13H,2-4,8,10H2,1H3,(H,23,24). The Morgan fingerprint density at radius 3 is 2.81 bits per heavy atom. The Balaban J connectivity index is 1.58. The van der Waals surface area contributed by atoms with Gasteiger partial charge in [-0.25, -0.2) is 4.79 Å². The van der Waals surface area contributed by atoms with E-state index in [0.717, 1.165) is 10.9 Å². The van der Waals surface area contributed by atoms with Crippen LogP contribution >= 0.6 is 0 Å². The van der Waals surface area contributed by atoms with Crippen LogP contribution in [0.15, 0.2) is 33.5 Å². The second-order valence-corrected chi connectivity index (χ2v) is 6.86. The molecule has 0 spiro atoms. The summed E-state index contributed by atoms with van der Waals surface area (Å²) in [5.41, 5.74) is 0.631. The molecule has 1 heterocycles. The Hall–Kier alpha value is -2.51. The lowest BCUT2D eigenvalue weighted by molar-refractivity contribution is -0.184. The number of benzene rings is 1. The summed E-state index contributed by atoms with van der Waals surface area (Å²) in [6.07, 6.45) is -3.27. The maximum absolute atomic E-state index is 12.8. The van der Waals surface area contributed by atoms with Crippen molar-refractivity contribution in [1.82, 2.24) is 5.32 Å². The van der Waals surface area contributed by atoms with Crippen molar-refractivity contribution >= 4 is 16.9 Å². The number of halogens is 3. The Labute approximate surface area is 153 Å². The van der Waals surface area contributed by atoms with Gasteiger partial charge in [0.05, 0.1) is 5.92 Å². The number of hydrogen-bond donors (Lipinski definition) is 1. The third-order valence-electron chi connectivity index (χ3n) is 4.79. The van der Waals surface area contributed by atoms with Crippen molar-refractivity contribution in [2.75, 3.05) is 6.61 Å². The van der Waals surface area contributed by atoms with Crippen molar-refractivity contribution in [3.63, 3.8) is 0 Å². The average molecular weight is 383 g/mol. The third kappa shape index (κ3) is 4.81. The summed E-state index contributed by atoms with van der Waals surface area (Å²) in [5.74, 6) is -1.51. The first-order valence-corrected chi connectivity index (χ1v) is 8.76. The first kappa shape index (κ1) is 19.3. The molecule has 3 rings (SSSR count). The topological polar surface area (TPSA) is 68.5 Å². The van der Waals surface area contributed by atoms with Gasteiger partial charge in [-0.3, -0.25) is 4.79 Å². The Kier molecular flexibility index (Phi) is 5.43. The quantitative estimate of drug-likeness (QED) is 0.817. The molecule has 2 aromatic rings. The molecule has 1 fully saturated rings. The fraction of sp³-hybridized carbons (Fsp3) is 0.474. The Morgan fingerprint density at radius 1 is 1.30 bits per heavy atom. The number of carbonyl (C=O) groups excluding carboxylic acids is 1. The van der Waals surface area contributed by atoms with E-state index in [0.29, 0.717) is 24.2 Å². The zero-order valence-corrected chi connectivity index (χ0v) is 14.8. The normalized spacial score (nSPS) is 20.4. The summed E-state index contributed by atoms with van der Waals surface area (Å²) in [7, 11) is 0. The van der Waals surface area contributed by atoms with E-state index in [9.17, 15) is 22.8 Å². The van der Waals surface area contributed by atoms with Gasteiger partial charge in [-0.15, -0.1) is 0 Å². The Bertz CT molecular complexity index is 891. The van der Waals surface area contributed by atoms with Crippen LogP contribution in [0.3, 0.4) is 0 Å². The number of aryl methyl sites for hydroxylation is 1. The molecule has 1 aromatic heterocycles. The minimum absolute atomic E-state index is 0.102. The van der Waals surface area contributed by atoms with Crippen LogP contribution in [0.5, 0.6) is 5.75 Å². The van der Waals surface area contributed by atoms with Crippen LogP contribution in [0.25, 0.3) is 11.0 Å². The SMILES string of the molecule is Cc1cc(=O)oc2cc(OCC(=O)NC3CCCC(C(F)(F)F)C3)ccc12. The minimum Gasteiger partial charge on any atom is -0.484 e. The predicted octanol–water partition coefficient (Wildman–Crippen LogP) is 3.72. The molecule has 8 heteroatoms. The summed E-state index contributed by atoms with van der Waals surface area (Å²) < 4.78 is 49.0.